The van der Waals surface area contributed by atoms with Gasteiger partial charge < -0.3 is 14.2 Å². The minimum absolute atomic E-state index is 0.374. The van der Waals surface area contributed by atoms with E-state index in [2.05, 4.69) is 17.1 Å². The molecule has 1 N–H and O–H groups in total. The standard InChI is InChI=1S/C19H30N2O4/c1-2-3-4-5-12-24-18-8-6-7-17(16-18)20-19(22)25-15-11-21-9-13-23-14-10-21/h6-8,16H,2-5,9-15H2,1H3,(H,20,22). The van der Waals surface area contributed by atoms with Crippen molar-refractivity contribution in [1.82, 2.24) is 4.90 Å². The first kappa shape index (κ1) is 19.5. The van der Waals surface area contributed by atoms with Crippen LogP contribution in [0.2, 0.25) is 0 Å². The lowest BCUT2D eigenvalue weighted by Gasteiger charge is -2.26. The maximum Gasteiger partial charge on any atom is 0.411 e. The Morgan fingerprint density at radius 1 is 1.20 bits per heavy atom. The zero-order chi connectivity index (χ0) is 17.7. The van der Waals surface area contributed by atoms with E-state index in [0.29, 0.717) is 18.9 Å². The number of amides is 1. The number of rotatable bonds is 10. The second-order valence-electron chi connectivity index (χ2n) is 6.15. The molecular weight excluding hydrogens is 320 g/mol. The third kappa shape index (κ3) is 8.23. The average Bonchev–Trinajstić information content (AvgIpc) is 2.63. The summed E-state index contributed by atoms with van der Waals surface area (Å²) >= 11 is 0. The van der Waals surface area contributed by atoms with Crippen molar-refractivity contribution in [2.45, 2.75) is 32.6 Å². The van der Waals surface area contributed by atoms with Crippen LogP contribution in [0.4, 0.5) is 10.5 Å². The van der Waals surface area contributed by atoms with Gasteiger partial charge in [-0.3, -0.25) is 10.2 Å². The van der Waals surface area contributed by atoms with Gasteiger partial charge in [-0.1, -0.05) is 32.3 Å². The first-order valence-electron chi connectivity index (χ1n) is 9.24. The van der Waals surface area contributed by atoms with Crippen molar-refractivity contribution in [1.29, 1.82) is 0 Å². The van der Waals surface area contributed by atoms with Crippen LogP contribution in [0, 0.1) is 0 Å². The largest absolute Gasteiger partial charge is 0.494 e. The number of ether oxygens (including phenoxy) is 3. The highest BCUT2D eigenvalue weighted by Crippen LogP contribution is 2.18. The minimum atomic E-state index is -0.437. The minimum Gasteiger partial charge on any atom is -0.494 e. The van der Waals surface area contributed by atoms with Gasteiger partial charge in [0.1, 0.15) is 12.4 Å². The van der Waals surface area contributed by atoms with Crippen LogP contribution in [0.1, 0.15) is 32.6 Å². The Bertz CT molecular complexity index is 504. The summed E-state index contributed by atoms with van der Waals surface area (Å²) in [5.74, 6) is 0.766. The van der Waals surface area contributed by atoms with Crippen LogP contribution in [-0.2, 0) is 9.47 Å². The van der Waals surface area contributed by atoms with E-state index in [-0.39, 0.29) is 0 Å². The van der Waals surface area contributed by atoms with Gasteiger partial charge in [0.05, 0.1) is 19.8 Å². The molecule has 0 radical (unpaired) electrons. The molecule has 0 spiro atoms. The fraction of sp³-hybridized carbons (Fsp3) is 0.632. The Morgan fingerprint density at radius 2 is 2.04 bits per heavy atom. The van der Waals surface area contributed by atoms with Gasteiger partial charge in [-0.2, -0.15) is 0 Å². The normalized spacial score (nSPS) is 14.9. The van der Waals surface area contributed by atoms with Crippen LogP contribution >= 0.6 is 0 Å². The van der Waals surface area contributed by atoms with Crippen molar-refractivity contribution in [3.63, 3.8) is 0 Å². The number of anilines is 1. The van der Waals surface area contributed by atoms with Crippen molar-refractivity contribution in [3.05, 3.63) is 24.3 Å². The Balaban J connectivity index is 1.64. The molecule has 6 nitrogen and oxygen atoms in total. The smallest absolute Gasteiger partial charge is 0.411 e. The van der Waals surface area contributed by atoms with Crippen LogP contribution in [0.5, 0.6) is 5.75 Å². The van der Waals surface area contributed by atoms with Gasteiger partial charge in [0.15, 0.2) is 0 Å². The van der Waals surface area contributed by atoms with E-state index in [1.165, 1.54) is 19.3 Å². The van der Waals surface area contributed by atoms with Crippen LogP contribution in [0.25, 0.3) is 0 Å². The number of hydrogen-bond donors (Lipinski definition) is 1. The highest BCUT2D eigenvalue weighted by Gasteiger charge is 2.11. The van der Waals surface area contributed by atoms with Gasteiger partial charge >= 0.3 is 6.09 Å². The van der Waals surface area contributed by atoms with E-state index < -0.39 is 6.09 Å². The average molecular weight is 350 g/mol. The van der Waals surface area contributed by atoms with Crippen LogP contribution < -0.4 is 10.1 Å². The molecule has 2 rings (SSSR count). The van der Waals surface area contributed by atoms with Crippen molar-refractivity contribution >= 4 is 11.8 Å². The Labute approximate surface area is 150 Å². The number of carbonyl (C=O) groups is 1. The fourth-order valence-corrected chi connectivity index (χ4v) is 2.63. The first-order valence-corrected chi connectivity index (χ1v) is 9.24. The van der Waals surface area contributed by atoms with Crippen molar-refractivity contribution in [2.24, 2.45) is 0 Å². The molecule has 1 saturated heterocycles. The number of nitrogens with one attached hydrogen (secondary N) is 1. The maximum absolute atomic E-state index is 11.9. The zero-order valence-corrected chi connectivity index (χ0v) is 15.2. The lowest BCUT2D eigenvalue weighted by Crippen LogP contribution is -2.38. The van der Waals surface area contributed by atoms with Gasteiger partial charge in [-0.15, -0.1) is 0 Å². The van der Waals surface area contributed by atoms with E-state index in [9.17, 15) is 4.79 Å². The molecule has 1 amide bonds. The summed E-state index contributed by atoms with van der Waals surface area (Å²) < 4.78 is 16.3. The molecule has 0 saturated carbocycles. The lowest BCUT2D eigenvalue weighted by atomic mass is 10.2. The van der Waals surface area contributed by atoms with Crippen LogP contribution in [-0.4, -0.2) is 57.1 Å². The number of hydrogen-bond acceptors (Lipinski definition) is 5. The predicted octanol–water partition coefficient (Wildman–Crippen LogP) is 3.53. The van der Waals surface area contributed by atoms with Gasteiger partial charge in [-0.05, 0) is 18.6 Å². The van der Waals surface area contributed by atoms with Crippen molar-refractivity contribution in [2.75, 3.05) is 51.4 Å². The summed E-state index contributed by atoms with van der Waals surface area (Å²) in [6.45, 7) is 7.28. The molecule has 0 aliphatic carbocycles. The third-order valence-electron chi connectivity index (χ3n) is 4.09. The molecule has 0 atom stereocenters. The molecule has 25 heavy (non-hydrogen) atoms. The number of unbranched alkanes of at least 4 members (excludes halogenated alkanes) is 3. The summed E-state index contributed by atoms with van der Waals surface area (Å²) in [7, 11) is 0. The topological polar surface area (TPSA) is 60.0 Å². The summed E-state index contributed by atoms with van der Waals surface area (Å²) in [6.07, 6.45) is 4.25. The summed E-state index contributed by atoms with van der Waals surface area (Å²) in [5, 5.41) is 2.75. The van der Waals surface area contributed by atoms with Crippen molar-refractivity contribution < 1.29 is 19.0 Å². The van der Waals surface area contributed by atoms with Crippen LogP contribution in [0.15, 0.2) is 24.3 Å². The summed E-state index contributed by atoms with van der Waals surface area (Å²) in [5.41, 5.74) is 0.683. The molecule has 0 aromatic heterocycles. The maximum atomic E-state index is 11.9. The van der Waals surface area contributed by atoms with E-state index in [0.717, 1.165) is 45.0 Å². The molecular formula is C19H30N2O4. The van der Waals surface area contributed by atoms with E-state index in [1.54, 1.807) is 0 Å². The Morgan fingerprint density at radius 3 is 2.84 bits per heavy atom. The molecule has 1 aromatic rings. The van der Waals surface area contributed by atoms with Crippen LogP contribution in [0.3, 0.4) is 0 Å². The second kappa shape index (κ2) is 11.7. The van der Waals surface area contributed by atoms with Gasteiger partial charge in [0.2, 0.25) is 0 Å². The van der Waals surface area contributed by atoms with E-state index >= 15 is 0 Å². The Hall–Kier alpha value is -1.79. The van der Waals surface area contributed by atoms with Gasteiger partial charge in [-0.25, -0.2) is 4.79 Å². The zero-order valence-electron chi connectivity index (χ0n) is 15.2. The third-order valence-corrected chi connectivity index (χ3v) is 4.09. The molecule has 1 fully saturated rings. The second-order valence-corrected chi connectivity index (χ2v) is 6.15. The summed E-state index contributed by atoms with van der Waals surface area (Å²) in [4.78, 5) is 14.1. The first-order chi connectivity index (χ1) is 12.3. The molecule has 0 bridgehead atoms. The molecule has 1 aliphatic rings. The molecule has 1 aliphatic heterocycles. The fourth-order valence-electron chi connectivity index (χ4n) is 2.63. The summed E-state index contributed by atoms with van der Waals surface area (Å²) in [6, 6.07) is 7.41. The molecule has 1 aromatic carbocycles. The number of carbonyl (C=O) groups excluding carboxylic acids is 1. The molecule has 0 unspecified atom stereocenters. The van der Waals surface area contributed by atoms with Gasteiger partial charge in [0.25, 0.3) is 0 Å². The highest BCUT2D eigenvalue weighted by molar-refractivity contribution is 5.84. The quantitative estimate of drug-likeness (QED) is 0.654. The lowest BCUT2D eigenvalue weighted by molar-refractivity contribution is 0.0290. The monoisotopic (exact) mass is 350 g/mol. The van der Waals surface area contributed by atoms with E-state index in [1.807, 2.05) is 24.3 Å². The number of morpholine rings is 1. The highest BCUT2D eigenvalue weighted by atomic mass is 16.5. The van der Waals surface area contributed by atoms with Crippen molar-refractivity contribution in [3.8, 4) is 5.75 Å². The molecule has 1 heterocycles. The number of benzene rings is 1. The predicted molar refractivity (Wildman–Crippen MR) is 98.3 cm³/mol. The SMILES string of the molecule is CCCCCCOc1cccc(NC(=O)OCCN2CCOCC2)c1. The van der Waals surface area contributed by atoms with E-state index in [4.69, 9.17) is 14.2 Å². The molecule has 140 valence electrons. The Kier molecular flexibility index (Phi) is 9.15. The molecule has 6 heteroatoms. The van der Waals surface area contributed by atoms with Gasteiger partial charge in [0, 0.05) is 31.4 Å². The number of nitrogens with zero attached hydrogens (tertiary/aromatic N) is 1.